The van der Waals surface area contributed by atoms with Crippen molar-refractivity contribution in [3.63, 3.8) is 0 Å². The molecule has 2 nitrogen and oxygen atoms in total. The van der Waals surface area contributed by atoms with Crippen molar-refractivity contribution in [2.24, 2.45) is 0 Å². The second kappa shape index (κ2) is 6.63. The number of benzene rings is 1. The number of hydrogen-bond donors (Lipinski definition) is 1. The third kappa shape index (κ3) is 4.32. The van der Waals surface area contributed by atoms with Gasteiger partial charge in [0.05, 0.1) is 0 Å². The van der Waals surface area contributed by atoms with E-state index in [4.69, 9.17) is 4.74 Å². The van der Waals surface area contributed by atoms with Gasteiger partial charge in [-0.3, -0.25) is 0 Å². The van der Waals surface area contributed by atoms with Crippen LogP contribution in [0.4, 0.5) is 0 Å². The van der Waals surface area contributed by atoms with Gasteiger partial charge in [-0.1, -0.05) is 32.9 Å². The number of hydrogen-bond acceptors (Lipinski definition) is 3. The minimum atomic E-state index is 0.180. The molecule has 3 heteroatoms. The van der Waals surface area contributed by atoms with E-state index in [2.05, 4.69) is 63.3 Å². The largest absolute Gasteiger partial charge is 0.488 e. The number of rotatable bonds is 5. The zero-order chi connectivity index (χ0) is 15.5. The standard InChI is InChI=1S/C18H25NOS/c1-13-10-14(18(2,3)4)6-9-17(13)20-12-16-8-7-15(21-16)11-19-5/h6-10,19H,11-12H2,1-5H3. The minimum Gasteiger partial charge on any atom is -0.488 e. The lowest BCUT2D eigenvalue weighted by Gasteiger charge is -2.20. The van der Waals surface area contributed by atoms with Crippen LogP contribution in [0, 0.1) is 6.92 Å². The third-order valence-electron chi connectivity index (χ3n) is 3.48. The first-order chi connectivity index (χ1) is 9.90. The first-order valence-corrected chi connectivity index (χ1v) is 8.18. The average molecular weight is 303 g/mol. The molecule has 0 unspecified atom stereocenters. The van der Waals surface area contributed by atoms with Crippen LogP contribution < -0.4 is 10.1 Å². The van der Waals surface area contributed by atoms with Gasteiger partial charge in [-0.15, -0.1) is 11.3 Å². The lowest BCUT2D eigenvalue weighted by molar-refractivity contribution is 0.307. The predicted octanol–water partition coefficient (Wildman–Crippen LogP) is 4.65. The van der Waals surface area contributed by atoms with Crippen LogP contribution >= 0.6 is 11.3 Å². The second-order valence-corrected chi connectivity index (χ2v) is 7.67. The third-order valence-corrected chi connectivity index (χ3v) is 4.54. The Hall–Kier alpha value is -1.32. The summed E-state index contributed by atoms with van der Waals surface area (Å²) < 4.78 is 5.97. The van der Waals surface area contributed by atoms with Crippen LogP contribution in [0.3, 0.4) is 0 Å². The molecule has 0 saturated carbocycles. The monoisotopic (exact) mass is 303 g/mol. The molecule has 0 aliphatic carbocycles. The van der Waals surface area contributed by atoms with E-state index in [0.717, 1.165) is 12.3 Å². The summed E-state index contributed by atoms with van der Waals surface area (Å²) in [5.41, 5.74) is 2.73. The predicted molar refractivity (Wildman–Crippen MR) is 91.3 cm³/mol. The summed E-state index contributed by atoms with van der Waals surface area (Å²) in [6.07, 6.45) is 0. The van der Waals surface area contributed by atoms with Crippen molar-refractivity contribution in [2.75, 3.05) is 7.05 Å². The van der Waals surface area contributed by atoms with Crippen LogP contribution in [0.5, 0.6) is 5.75 Å². The Labute approximate surface area is 132 Å². The van der Waals surface area contributed by atoms with Gasteiger partial charge in [0.1, 0.15) is 12.4 Å². The maximum Gasteiger partial charge on any atom is 0.122 e. The molecule has 0 radical (unpaired) electrons. The summed E-state index contributed by atoms with van der Waals surface area (Å²) in [5.74, 6) is 0.978. The van der Waals surface area contributed by atoms with Crippen LogP contribution in [0.1, 0.15) is 41.7 Å². The molecule has 0 fully saturated rings. The van der Waals surface area contributed by atoms with Crippen molar-refractivity contribution in [1.82, 2.24) is 5.32 Å². The van der Waals surface area contributed by atoms with Gasteiger partial charge < -0.3 is 10.1 Å². The smallest absolute Gasteiger partial charge is 0.122 e. The first kappa shape index (κ1) is 16.1. The Kier molecular flexibility index (Phi) is 5.07. The molecule has 0 atom stereocenters. The molecule has 1 aromatic carbocycles. The molecule has 1 aromatic heterocycles. The van der Waals surface area contributed by atoms with Gasteiger partial charge in [0.2, 0.25) is 0 Å². The molecule has 0 spiro atoms. The van der Waals surface area contributed by atoms with E-state index in [1.165, 1.54) is 20.9 Å². The molecule has 114 valence electrons. The highest BCUT2D eigenvalue weighted by molar-refractivity contribution is 7.11. The summed E-state index contributed by atoms with van der Waals surface area (Å²) in [7, 11) is 1.97. The van der Waals surface area contributed by atoms with Crippen molar-refractivity contribution in [3.8, 4) is 5.75 Å². The molecule has 0 amide bonds. The van der Waals surface area contributed by atoms with E-state index >= 15 is 0 Å². The lowest BCUT2D eigenvalue weighted by atomic mass is 9.86. The van der Waals surface area contributed by atoms with E-state index in [9.17, 15) is 0 Å². The Morgan fingerprint density at radius 3 is 2.43 bits per heavy atom. The topological polar surface area (TPSA) is 21.3 Å². The van der Waals surface area contributed by atoms with Crippen LogP contribution in [0.2, 0.25) is 0 Å². The molecule has 1 N–H and O–H groups in total. The van der Waals surface area contributed by atoms with Gasteiger partial charge in [0.25, 0.3) is 0 Å². The first-order valence-electron chi connectivity index (χ1n) is 7.36. The lowest BCUT2D eigenvalue weighted by Crippen LogP contribution is -2.11. The van der Waals surface area contributed by atoms with E-state index in [0.29, 0.717) is 6.61 Å². The summed E-state index contributed by atoms with van der Waals surface area (Å²) in [6, 6.07) is 10.8. The Bertz CT molecular complexity index is 596. The van der Waals surface area contributed by atoms with E-state index in [1.54, 1.807) is 11.3 Å². The SMILES string of the molecule is CNCc1ccc(COc2ccc(C(C)(C)C)cc2C)s1. The van der Waals surface area contributed by atoms with Crippen LogP contribution in [0.15, 0.2) is 30.3 Å². The van der Waals surface area contributed by atoms with E-state index < -0.39 is 0 Å². The normalized spacial score (nSPS) is 11.7. The molecule has 1 heterocycles. The van der Waals surface area contributed by atoms with Crippen molar-refractivity contribution in [2.45, 2.75) is 46.3 Å². The van der Waals surface area contributed by atoms with Gasteiger partial charge in [-0.25, -0.2) is 0 Å². The van der Waals surface area contributed by atoms with Gasteiger partial charge in [-0.2, -0.15) is 0 Å². The highest BCUT2D eigenvalue weighted by Crippen LogP contribution is 2.28. The maximum absolute atomic E-state index is 5.97. The van der Waals surface area contributed by atoms with E-state index in [1.807, 2.05) is 7.05 Å². The Balaban J connectivity index is 2.02. The highest BCUT2D eigenvalue weighted by atomic mass is 32.1. The number of nitrogens with one attached hydrogen (secondary N) is 1. The molecular formula is C18H25NOS. The Morgan fingerprint density at radius 2 is 1.81 bits per heavy atom. The molecular weight excluding hydrogens is 278 g/mol. The van der Waals surface area contributed by atoms with Crippen LogP contribution in [-0.2, 0) is 18.6 Å². The van der Waals surface area contributed by atoms with Gasteiger partial charge in [-0.05, 0) is 48.7 Å². The molecule has 2 aromatic rings. The quantitative estimate of drug-likeness (QED) is 0.868. The maximum atomic E-state index is 5.97. The molecule has 0 saturated heterocycles. The minimum absolute atomic E-state index is 0.180. The molecule has 0 aliphatic heterocycles. The highest BCUT2D eigenvalue weighted by Gasteiger charge is 2.14. The second-order valence-electron chi connectivity index (χ2n) is 6.42. The number of thiophene rings is 1. The Morgan fingerprint density at radius 1 is 1.10 bits per heavy atom. The molecule has 2 rings (SSSR count). The molecule has 0 aliphatic rings. The van der Waals surface area contributed by atoms with Crippen molar-refractivity contribution < 1.29 is 4.74 Å². The summed E-state index contributed by atoms with van der Waals surface area (Å²) in [6.45, 7) is 10.4. The number of ether oxygens (including phenoxy) is 1. The summed E-state index contributed by atoms with van der Waals surface area (Å²) in [5, 5.41) is 3.17. The van der Waals surface area contributed by atoms with Crippen molar-refractivity contribution in [3.05, 3.63) is 51.2 Å². The van der Waals surface area contributed by atoms with Gasteiger partial charge in [0, 0.05) is 16.3 Å². The fourth-order valence-electron chi connectivity index (χ4n) is 2.20. The van der Waals surface area contributed by atoms with E-state index in [-0.39, 0.29) is 5.41 Å². The van der Waals surface area contributed by atoms with Crippen LogP contribution in [-0.4, -0.2) is 7.05 Å². The van der Waals surface area contributed by atoms with Gasteiger partial charge in [0.15, 0.2) is 0 Å². The summed E-state index contributed by atoms with van der Waals surface area (Å²) in [4.78, 5) is 2.61. The summed E-state index contributed by atoms with van der Waals surface area (Å²) >= 11 is 1.80. The zero-order valence-corrected chi connectivity index (χ0v) is 14.4. The molecule has 0 bridgehead atoms. The fourth-order valence-corrected chi connectivity index (χ4v) is 3.14. The number of aryl methyl sites for hydroxylation is 1. The van der Waals surface area contributed by atoms with Crippen molar-refractivity contribution >= 4 is 11.3 Å². The zero-order valence-electron chi connectivity index (χ0n) is 13.6. The van der Waals surface area contributed by atoms with Crippen molar-refractivity contribution in [1.29, 1.82) is 0 Å². The average Bonchev–Trinajstić information content (AvgIpc) is 2.84. The van der Waals surface area contributed by atoms with Gasteiger partial charge >= 0.3 is 0 Å². The molecule has 21 heavy (non-hydrogen) atoms. The fraction of sp³-hybridized carbons (Fsp3) is 0.444. The van der Waals surface area contributed by atoms with Crippen LogP contribution in [0.25, 0.3) is 0 Å².